The molecule has 0 aliphatic heterocycles. The Morgan fingerprint density at radius 3 is 2.55 bits per heavy atom. The number of hydrogen-bond donors (Lipinski definition) is 1. The van der Waals surface area contributed by atoms with Crippen LogP contribution in [0.3, 0.4) is 0 Å². The normalized spacial score (nSPS) is 10.9. The van der Waals surface area contributed by atoms with Crippen LogP contribution in [-0.2, 0) is 0 Å². The highest BCUT2D eigenvalue weighted by atomic mass is 35.5. The van der Waals surface area contributed by atoms with Gasteiger partial charge >= 0.3 is 5.97 Å². The Kier molecular flexibility index (Phi) is 2.87. The highest BCUT2D eigenvalue weighted by molar-refractivity contribution is 6.30. The van der Waals surface area contributed by atoms with Crippen LogP contribution in [-0.4, -0.2) is 25.7 Å². The van der Waals surface area contributed by atoms with E-state index in [0.29, 0.717) is 17.0 Å². The van der Waals surface area contributed by atoms with E-state index in [9.17, 15) is 9.18 Å². The number of rotatable bonds is 2. The van der Waals surface area contributed by atoms with Crippen molar-refractivity contribution in [3.05, 3.63) is 52.9 Å². The van der Waals surface area contributed by atoms with Gasteiger partial charge in [-0.3, -0.25) is 4.40 Å². The topological polar surface area (TPSA) is 67.5 Å². The van der Waals surface area contributed by atoms with Crippen LogP contribution in [0.25, 0.3) is 17.0 Å². The second-order valence-electron chi connectivity index (χ2n) is 4.10. The molecule has 7 heteroatoms. The minimum atomic E-state index is -1.10. The van der Waals surface area contributed by atoms with Gasteiger partial charge in [0.05, 0.1) is 5.56 Å². The smallest absolute Gasteiger partial charge is 0.335 e. The molecule has 1 N–H and O–H groups in total. The fourth-order valence-electron chi connectivity index (χ4n) is 1.88. The van der Waals surface area contributed by atoms with Gasteiger partial charge in [0, 0.05) is 5.56 Å². The van der Waals surface area contributed by atoms with Gasteiger partial charge in [-0.05, 0) is 36.4 Å². The third kappa shape index (κ3) is 2.00. The maximum atomic E-state index is 12.9. The molecule has 1 aromatic carbocycles. The number of carboxylic acids is 1. The molecule has 2 aromatic heterocycles. The van der Waals surface area contributed by atoms with E-state index in [1.54, 1.807) is 12.1 Å². The average molecular weight is 292 g/mol. The van der Waals surface area contributed by atoms with Crippen LogP contribution in [0.1, 0.15) is 10.4 Å². The zero-order valence-corrected chi connectivity index (χ0v) is 10.7. The zero-order chi connectivity index (χ0) is 14.3. The summed E-state index contributed by atoms with van der Waals surface area (Å²) in [5.74, 6) is -1.04. The van der Waals surface area contributed by atoms with Crippen molar-refractivity contribution >= 4 is 23.2 Å². The number of pyridine rings is 1. The molecule has 0 fully saturated rings. The lowest BCUT2D eigenvalue weighted by Crippen LogP contribution is -1.99. The molecule has 0 radical (unpaired) electrons. The maximum absolute atomic E-state index is 12.9. The van der Waals surface area contributed by atoms with Gasteiger partial charge in [0.25, 0.3) is 0 Å². The Bertz CT molecular complexity index is 814. The summed E-state index contributed by atoms with van der Waals surface area (Å²) in [6.45, 7) is 0. The summed E-state index contributed by atoms with van der Waals surface area (Å²) in [5.41, 5.74) is 0.971. The standard InChI is InChI=1S/C13H7ClFN3O2/c14-10-5-8(13(19)20)6-11-16-17-12(18(10)11)7-1-3-9(15)4-2-7/h1-6H,(H,19,20). The van der Waals surface area contributed by atoms with Crippen LogP contribution in [0.15, 0.2) is 36.4 Å². The largest absolute Gasteiger partial charge is 0.478 e. The summed E-state index contributed by atoms with van der Waals surface area (Å²) in [6, 6.07) is 8.38. The van der Waals surface area contributed by atoms with Crippen molar-refractivity contribution < 1.29 is 14.3 Å². The lowest BCUT2D eigenvalue weighted by atomic mass is 10.2. The molecule has 0 saturated carbocycles. The second-order valence-corrected chi connectivity index (χ2v) is 4.48. The van der Waals surface area contributed by atoms with E-state index in [1.807, 2.05) is 0 Å². The van der Waals surface area contributed by atoms with Crippen molar-refractivity contribution in [2.24, 2.45) is 0 Å². The number of aromatic nitrogens is 3. The highest BCUT2D eigenvalue weighted by Crippen LogP contribution is 2.24. The minimum Gasteiger partial charge on any atom is -0.478 e. The zero-order valence-electron chi connectivity index (χ0n) is 9.92. The monoisotopic (exact) mass is 291 g/mol. The SMILES string of the molecule is O=C(O)c1cc(Cl)n2c(-c3ccc(F)cc3)nnc2c1. The lowest BCUT2D eigenvalue weighted by Gasteiger charge is -2.03. The van der Waals surface area contributed by atoms with Crippen molar-refractivity contribution in [2.45, 2.75) is 0 Å². The molecule has 0 atom stereocenters. The first-order valence-electron chi connectivity index (χ1n) is 5.60. The molecular formula is C13H7ClFN3O2. The Morgan fingerprint density at radius 2 is 1.90 bits per heavy atom. The van der Waals surface area contributed by atoms with Crippen LogP contribution < -0.4 is 0 Å². The van der Waals surface area contributed by atoms with E-state index < -0.39 is 5.97 Å². The highest BCUT2D eigenvalue weighted by Gasteiger charge is 2.14. The third-order valence-corrected chi connectivity index (χ3v) is 3.09. The van der Waals surface area contributed by atoms with Gasteiger partial charge in [-0.2, -0.15) is 0 Å². The van der Waals surface area contributed by atoms with E-state index in [-0.39, 0.29) is 16.5 Å². The Morgan fingerprint density at radius 1 is 1.20 bits per heavy atom. The summed E-state index contributed by atoms with van der Waals surface area (Å²) >= 11 is 6.08. The van der Waals surface area contributed by atoms with Crippen LogP contribution in [0, 0.1) is 5.82 Å². The predicted octanol–water partition coefficient (Wildman–Crippen LogP) is 2.89. The van der Waals surface area contributed by atoms with Gasteiger partial charge in [-0.25, -0.2) is 9.18 Å². The van der Waals surface area contributed by atoms with Gasteiger partial charge in [0.2, 0.25) is 0 Å². The number of carboxylic acid groups (broad SMARTS) is 1. The van der Waals surface area contributed by atoms with Gasteiger partial charge in [-0.1, -0.05) is 11.6 Å². The number of benzene rings is 1. The molecule has 3 aromatic rings. The molecule has 0 bridgehead atoms. The van der Waals surface area contributed by atoms with E-state index >= 15 is 0 Å². The fourth-order valence-corrected chi connectivity index (χ4v) is 2.17. The summed E-state index contributed by atoms with van der Waals surface area (Å²) in [7, 11) is 0. The molecule has 0 aliphatic carbocycles. The van der Waals surface area contributed by atoms with Crippen molar-refractivity contribution in [3.8, 4) is 11.4 Å². The summed E-state index contributed by atoms with van der Waals surface area (Å²) < 4.78 is 14.4. The van der Waals surface area contributed by atoms with Crippen LogP contribution >= 0.6 is 11.6 Å². The molecule has 2 heterocycles. The van der Waals surface area contributed by atoms with E-state index in [1.165, 1.54) is 28.7 Å². The Balaban J connectivity index is 2.23. The molecule has 3 rings (SSSR count). The first kappa shape index (κ1) is 12.6. The summed E-state index contributed by atoms with van der Waals surface area (Å²) in [5, 5.41) is 17.0. The van der Waals surface area contributed by atoms with Crippen molar-refractivity contribution in [3.63, 3.8) is 0 Å². The van der Waals surface area contributed by atoms with E-state index in [0.717, 1.165) is 0 Å². The molecule has 0 unspecified atom stereocenters. The van der Waals surface area contributed by atoms with Gasteiger partial charge in [0.15, 0.2) is 11.5 Å². The van der Waals surface area contributed by atoms with Crippen LogP contribution in [0.2, 0.25) is 5.15 Å². The summed E-state index contributed by atoms with van der Waals surface area (Å²) in [6.07, 6.45) is 0. The second kappa shape index (κ2) is 4.57. The third-order valence-electron chi connectivity index (χ3n) is 2.81. The molecular weight excluding hydrogens is 285 g/mol. The maximum Gasteiger partial charge on any atom is 0.335 e. The number of aromatic carboxylic acids is 1. The molecule has 0 amide bonds. The molecule has 5 nitrogen and oxygen atoms in total. The van der Waals surface area contributed by atoms with Crippen LogP contribution in [0.4, 0.5) is 4.39 Å². The Hall–Kier alpha value is -2.47. The molecule has 0 aliphatic rings. The van der Waals surface area contributed by atoms with Crippen LogP contribution in [0.5, 0.6) is 0 Å². The Labute approximate surface area is 117 Å². The first-order chi connectivity index (χ1) is 9.56. The minimum absolute atomic E-state index is 0.0283. The fraction of sp³-hybridized carbons (Fsp3) is 0. The number of carbonyl (C=O) groups is 1. The first-order valence-corrected chi connectivity index (χ1v) is 5.98. The molecule has 100 valence electrons. The number of halogens is 2. The van der Waals surface area contributed by atoms with E-state index in [2.05, 4.69) is 10.2 Å². The van der Waals surface area contributed by atoms with Crippen molar-refractivity contribution in [2.75, 3.05) is 0 Å². The van der Waals surface area contributed by atoms with Gasteiger partial charge in [-0.15, -0.1) is 10.2 Å². The predicted molar refractivity (Wildman–Crippen MR) is 70.4 cm³/mol. The summed E-state index contributed by atoms with van der Waals surface area (Å²) in [4.78, 5) is 11.0. The number of hydrogen-bond acceptors (Lipinski definition) is 3. The van der Waals surface area contributed by atoms with Crippen molar-refractivity contribution in [1.29, 1.82) is 0 Å². The number of nitrogens with zero attached hydrogens (tertiary/aromatic N) is 3. The number of fused-ring (bicyclic) bond motifs is 1. The molecule has 0 saturated heterocycles. The van der Waals surface area contributed by atoms with E-state index in [4.69, 9.17) is 16.7 Å². The molecule has 20 heavy (non-hydrogen) atoms. The van der Waals surface area contributed by atoms with Gasteiger partial charge < -0.3 is 5.11 Å². The van der Waals surface area contributed by atoms with Gasteiger partial charge in [0.1, 0.15) is 11.0 Å². The molecule has 0 spiro atoms. The average Bonchev–Trinajstić information content (AvgIpc) is 2.84. The lowest BCUT2D eigenvalue weighted by molar-refractivity contribution is 0.0697. The quantitative estimate of drug-likeness (QED) is 0.737. The van der Waals surface area contributed by atoms with Crippen molar-refractivity contribution in [1.82, 2.24) is 14.6 Å².